The van der Waals surface area contributed by atoms with Gasteiger partial charge in [0.05, 0.1) is 0 Å². The van der Waals surface area contributed by atoms with Gasteiger partial charge in [0.25, 0.3) is 0 Å². The maximum absolute atomic E-state index is 3.86. The first-order valence-corrected chi connectivity index (χ1v) is 3.93. The number of rotatable bonds is 2. The molecule has 1 heteroatoms. The third-order valence-corrected chi connectivity index (χ3v) is 2.07. The van der Waals surface area contributed by atoms with E-state index >= 15 is 0 Å². The molecular formula is C8H16N. The summed E-state index contributed by atoms with van der Waals surface area (Å²) in [5, 5.41) is 3.35. The largest absolute Gasteiger partial charge is 0.317 e. The van der Waals surface area contributed by atoms with Gasteiger partial charge in [-0.1, -0.05) is 19.8 Å². The molecule has 0 aromatic carbocycles. The average molecular weight is 126 g/mol. The summed E-state index contributed by atoms with van der Waals surface area (Å²) in [6.45, 7) is 6.31. The van der Waals surface area contributed by atoms with E-state index in [-0.39, 0.29) is 0 Å². The second-order valence-corrected chi connectivity index (χ2v) is 2.84. The Morgan fingerprint density at radius 3 is 2.56 bits per heavy atom. The highest BCUT2D eigenvalue weighted by molar-refractivity contribution is 4.68. The van der Waals surface area contributed by atoms with Gasteiger partial charge in [0, 0.05) is 0 Å². The second kappa shape index (κ2) is 3.89. The van der Waals surface area contributed by atoms with Gasteiger partial charge in [-0.05, 0) is 31.8 Å². The summed E-state index contributed by atoms with van der Waals surface area (Å²) >= 11 is 0. The fourth-order valence-corrected chi connectivity index (χ4v) is 1.46. The van der Waals surface area contributed by atoms with Gasteiger partial charge in [-0.15, -0.1) is 0 Å². The molecular weight excluding hydrogens is 110 g/mol. The Labute approximate surface area is 57.8 Å². The molecule has 0 aromatic rings. The molecule has 1 N–H and O–H groups in total. The lowest BCUT2D eigenvalue weighted by Gasteiger charge is -2.21. The van der Waals surface area contributed by atoms with E-state index in [4.69, 9.17) is 0 Å². The van der Waals surface area contributed by atoms with Gasteiger partial charge in [-0.2, -0.15) is 0 Å². The van der Waals surface area contributed by atoms with Crippen LogP contribution in [0.4, 0.5) is 0 Å². The van der Waals surface area contributed by atoms with Gasteiger partial charge < -0.3 is 5.32 Å². The van der Waals surface area contributed by atoms with E-state index in [1.54, 1.807) is 0 Å². The van der Waals surface area contributed by atoms with Crippen molar-refractivity contribution in [3.8, 4) is 0 Å². The van der Waals surface area contributed by atoms with Gasteiger partial charge >= 0.3 is 0 Å². The first kappa shape index (κ1) is 7.07. The van der Waals surface area contributed by atoms with Gasteiger partial charge in [0.1, 0.15) is 0 Å². The normalized spacial score (nSPS) is 22.3. The molecule has 1 nitrogen and oxygen atoms in total. The summed E-state index contributed by atoms with van der Waals surface area (Å²) in [6, 6.07) is 0. The van der Waals surface area contributed by atoms with Crippen LogP contribution < -0.4 is 5.32 Å². The van der Waals surface area contributed by atoms with Crippen LogP contribution in [0.15, 0.2) is 0 Å². The Bertz CT molecular complexity index is 62.2. The summed E-state index contributed by atoms with van der Waals surface area (Å²) in [5.41, 5.74) is 0. The minimum atomic E-state index is 0.976. The molecule has 0 amide bonds. The van der Waals surface area contributed by atoms with Crippen molar-refractivity contribution in [1.29, 1.82) is 0 Å². The Balaban J connectivity index is 2.08. The molecule has 0 aromatic heterocycles. The summed E-state index contributed by atoms with van der Waals surface area (Å²) in [4.78, 5) is 0. The Morgan fingerprint density at radius 2 is 2.00 bits per heavy atom. The maximum Gasteiger partial charge on any atom is -0.00463 e. The molecule has 1 heterocycles. The van der Waals surface area contributed by atoms with Crippen LogP contribution in [-0.4, -0.2) is 13.1 Å². The Kier molecular flexibility index (Phi) is 3.05. The average Bonchev–Trinajstić information content (AvgIpc) is 1.91. The molecule has 0 unspecified atom stereocenters. The van der Waals surface area contributed by atoms with Crippen molar-refractivity contribution in [3.63, 3.8) is 0 Å². The third kappa shape index (κ3) is 2.35. The Hall–Kier alpha value is -0.0400. The molecule has 1 rings (SSSR count). The van der Waals surface area contributed by atoms with Crippen molar-refractivity contribution in [2.24, 2.45) is 5.92 Å². The lowest BCUT2D eigenvalue weighted by Crippen LogP contribution is -2.27. The molecule has 0 bridgehead atoms. The van der Waals surface area contributed by atoms with E-state index in [9.17, 15) is 0 Å². The molecule has 1 aliphatic heterocycles. The highest BCUT2D eigenvalue weighted by Gasteiger charge is 2.10. The molecule has 0 spiro atoms. The fraction of sp³-hybridized carbons (Fsp3) is 0.875. The zero-order chi connectivity index (χ0) is 6.53. The topological polar surface area (TPSA) is 12.0 Å². The quantitative estimate of drug-likeness (QED) is 0.592. The standard InChI is InChI=1S/C8H16N/c1-2-3-8-4-6-9-7-5-8/h8-9H,1-7H2. The zero-order valence-electron chi connectivity index (χ0n) is 6.03. The summed E-state index contributed by atoms with van der Waals surface area (Å²) < 4.78 is 0. The van der Waals surface area contributed by atoms with Crippen LogP contribution >= 0.6 is 0 Å². The zero-order valence-corrected chi connectivity index (χ0v) is 6.03. The first-order valence-electron chi connectivity index (χ1n) is 3.93. The molecule has 1 fully saturated rings. The molecule has 1 aliphatic rings. The van der Waals surface area contributed by atoms with E-state index in [0.29, 0.717) is 0 Å². The van der Waals surface area contributed by atoms with Crippen molar-refractivity contribution in [2.75, 3.05) is 13.1 Å². The molecule has 53 valence electrons. The van der Waals surface area contributed by atoms with Crippen molar-refractivity contribution in [3.05, 3.63) is 6.92 Å². The predicted octanol–water partition coefficient (Wildman–Crippen LogP) is 1.60. The first-order chi connectivity index (χ1) is 4.43. The lowest BCUT2D eigenvalue weighted by atomic mass is 9.94. The minimum absolute atomic E-state index is 0.976. The third-order valence-electron chi connectivity index (χ3n) is 2.07. The maximum atomic E-state index is 3.86. The van der Waals surface area contributed by atoms with Gasteiger partial charge in [-0.25, -0.2) is 0 Å². The molecule has 1 saturated heterocycles. The lowest BCUT2D eigenvalue weighted by molar-refractivity contribution is 0.356. The van der Waals surface area contributed by atoms with Crippen LogP contribution in [-0.2, 0) is 0 Å². The molecule has 1 radical (unpaired) electrons. The summed E-state index contributed by atoms with van der Waals surface area (Å²) in [5.74, 6) is 0.976. The molecule has 0 aliphatic carbocycles. The molecule has 9 heavy (non-hydrogen) atoms. The van der Waals surface area contributed by atoms with Crippen molar-refractivity contribution in [2.45, 2.75) is 25.7 Å². The second-order valence-electron chi connectivity index (χ2n) is 2.84. The SMILES string of the molecule is [CH2]CCC1CCNCC1. The highest BCUT2D eigenvalue weighted by Crippen LogP contribution is 2.16. The molecule has 0 atom stereocenters. The van der Waals surface area contributed by atoms with Crippen LogP contribution in [0.2, 0.25) is 0 Å². The highest BCUT2D eigenvalue weighted by atomic mass is 14.9. The van der Waals surface area contributed by atoms with E-state index < -0.39 is 0 Å². The number of hydrogen-bond donors (Lipinski definition) is 1. The predicted molar refractivity (Wildman–Crippen MR) is 40.2 cm³/mol. The van der Waals surface area contributed by atoms with E-state index in [2.05, 4.69) is 12.2 Å². The van der Waals surface area contributed by atoms with Crippen LogP contribution in [0.5, 0.6) is 0 Å². The number of nitrogens with one attached hydrogen (secondary N) is 1. The molecule has 0 saturated carbocycles. The van der Waals surface area contributed by atoms with Crippen LogP contribution in [0.25, 0.3) is 0 Å². The number of piperidine rings is 1. The summed E-state index contributed by atoms with van der Waals surface area (Å²) in [7, 11) is 0. The van der Waals surface area contributed by atoms with Crippen LogP contribution in [0, 0.1) is 12.8 Å². The van der Waals surface area contributed by atoms with E-state index in [1.807, 2.05) is 0 Å². The smallest absolute Gasteiger partial charge is 0.00463 e. The van der Waals surface area contributed by atoms with Crippen LogP contribution in [0.1, 0.15) is 25.7 Å². The van der Waals surface area contributed by atoms with E-state index in [1.165, 1.54) is 32.4 Å². The van der Waals surface area contributed by atoms with Crippen molar-refractivity contribution in [1.82, 2.24) is 5.32 Å². The van der Waals surface area contributed by atoms with Crippen molar-refractivity contribution >= 4 is 0 Å². The van der Waals surface area contributed by atoms with Crippen molar-refractivity contribution < 1.29 is 0 Å². The fourth-order valence-electron chi connectivity index (χ4n) is 1.46. The Morgan fingerprint density at radius 1 is 1.33 bits per heavy atom. The monoisotopic (exact) mass is 126 g/mol. The van der Waals surface area contributed by atoms with Crippen LogP contribution in [0.3, 0.4) is 0 Å². The van der Waals surface area contributed by atoms with Gasteiger partial charge in [-0.3, -0.25) is 0 Å². The summed E-state index contributed by atoms with van der Waals surface area (Å²) in [6.07, 6.45) is 5.19. The minimum Gasteiger partial charge on any atom is -0.317 e. The number of hydrogen-bond acceptors (Lipinski definition) is 1. The van der Waals surface area contributed by atoms with E-state index in [0.717, 1.165) is 12.3 Å². The van der Waals surface area contributed by atoms with Gasteiger partial charge in [0.15, 0.2) is 0 Å². The van der Waals surface area contributed by atoms with Gasteiger partial charge in [0.2, 0.25) is 0 Å².